The average Bonchev–Trinajstić information content (AvgIpc) is 2.72. The highest BCUT2D eigenvalue weighted by Crippen LogP contribution is 2.29. The van der Waals surface area contributed by atoms with Crippen LogP contribution in [0.1, 0.15) is 46.2 Å². The number of likely N-dealkylation sites (tertiary alicyclic amines) is 1. The van der Waals surface area contributed by atoms with Crippen molar-refractivity contribution in [2.24, 2.45) is 0 Å². The Labute approximate surface area is 160 Å². The Morgan fingerprint density at radius 2 is 2.00 bits per heavy atom. The number of nitrogens with one attached hydrogen (secondary N) is 1. The van der Waals surface area contributed by atoms with Crippen molar-refractivity contribution in [2.75, 3.05) is 39.0 Å². The lowest BCUT2D eigenvalue weighted by Crippen LogP contribution is -2.37. The third-order valence-corrected chi connectivity index (χ3v) is 5.62. The Hall–Kier alpha value is -2.47. The minimum absolute atomic E-state index is 0.0739. The van der Waals surface area contributed by atoms with Gasteiger partial charge >= 0.3 is 0 Å². The summed E-state index contributed by atoms with van der Waals surface area (Å²) in [4.78, 5) is 26.9. The van der Waals surface area contributed by atoms with Crippen molar-refractivity contribution < 1.29 is 4.79 Å². The molecule has 142 valence electrons. The van der Waals surface area contributed by atoms with E-state index in [0.717, 1.165) is 54.4 Å². The molecule has 0 spiro atoms. The molecule has 1 saturated heterocycles. The van der Waals surface area contributed by atoms with Crippen LogP contribution in [0.5, 0.6) is 0 Å². The summed E-state index contributed by atoms with van der Waals surface area (Å²) in [6, 6.07) is 9.50. The first-order valence-electron chi connectivity index (χ1n) is 9.76. The third-order valence-electron chi connectivity index (χ3n) is 5.62. The molecule has 6 heteroatoms. The number of carbonyl (C=O) groups is 1. The molecule has 0 unspecified atom stereocenters. The van der Waals surface area contributed by atoms with Gasteiger partial charge in [-0.3, -0.25) is 4.79 Å². The van der Waals surface area contributed by atoms with Crippen LogP contribution in [0.15, 0.2) is 30.3 Å². The number of likely N-dealkylation sites (N-methyl/N-ethyl adjacent to an activating group) is 1. The standard InChI is InChI=1S/C21H27N5O/c1-22-20-17-10-12-26(21(27)15-7-4-3-5-8-15)14-18(17)23-19(24-20)16-9-6-11-25(2)13-16/h3-5,7-8,16H,6,9-14H2,1-2H3,(H,22,23,24)/t16-/m0/s1. The monoisotopic (exact) mass is 365 g/mol. The molecule has 0 radical (unpaired) electrons. The first-order valence-corrected chi connectivity index (χ1v) is 9.76. The van der Waals surface area contributed by atoms with Crippen LogP contribution in [0.25, 0.3) is 0 Å². The molecule has 27 heavy (non-hydrogen) atoms. The molecule has 0 saturated carbocycles. The molecule has 1 amide bonds. The van der Waals surface area contributed by atoms with E-state index in [2.05, 4.69) is 17.3 Å². The van der Waals surface area contributed by atoms with E-state index in [1.54, 1.807) is 0 Å². The summed E-state index contributed by atoms with van der Waals surface area (Å²) in [6.07, 6.45) is 3.09. The molecule has 1 fully saturated rings. The van der Waals surface area contributed by atoms with Gasteiger partial charge in [-0.25, -0.2) is 9.97 Å². The largest absolute Gasteiger partial charge is 0.373 e. The fraction of sp³-hybridized carbons (Fsp3) is 0.476. The van der Waals surface area contributed by atoms with Crippen LogP contribution in [0.2, 0.25) is 0 Å². The maximum atomic E-state index is 12.9. The quantitative estimate of drug-likeness (QED) is 0.906. The number of anilines is 1. The van der Waals surface area contributed by atoms with Gasteiger partial charge in [0.25, 0.3) is 5.91 Å². The van der Waals surface area contributed by atoms with Gasteiger partial charge in [0.1, 0.15) is 11.6 Å². The smallest absolute Gasteiger partial charge is 0.254 e. The van der Waals surface area contributed by atoms with Gasteiger partial charge in [-0.15, -0.1) is 0 Å². The van der Waals surface area contributed by atoms with Gasteiger partial charge in [0.05, 0.1) is 12.2 Å². The predicted octanol–water partition coefficient (Wildman–Crippen LogP) is 2.53. The molecule has 0 aliphatic carbocycles. The lowest BCUT2D eigenvalue weighted by Gasteiger charge is -2.32. The van der Waals surface area contributed by atoms with E-state index in [0.29, 0.717) is 19.0 Å². The van der Waals surface area contributed by atoms with E-state index < -0.39 is 0 Å². The van der Waals surface area contributed by atoms with Crippen LogP contribution < -0.4 is 5.32 Å². The number of amides is 1. The maximum Gasteiger partial charge on any atom is 0.254 e. The SMILES string of the molecule is CNc1nc([C@H]2CCCN(C)C2)nc2c1CCN(C(=O)c1ccccc1)C2. The first kappa shape index (κ1) is 17.9. The van der Waals surface area contributed by atoms with Crippen molar-refractivity contribution in [3.05, 3.63) is 53.0 Å². The van der Waals surface area contributed by atoms with E-state index in [1.807, 2.05) is 42.3 Å². The van der Waals surface area contributed by atoms with E-state index >= 15 is 0 Å². The second kappa shape index (κ2) is 7.64. The number of rotatable bonds is 3. The summed E-state index contributed by atoms with van der Waals surface area (Å²) < 4.78 is 0. The molecular weight excluding hydrogens is 338 g/mol. The molecule has 1 N–H and O–H groups in total. The van der Waals surface area contributed by atoms with Crippen LogP contribution in [0.4, 0.5) is 5.82 Å². The highest BCUT2D eigenvalue weighted by Gasteiger charge is 2.28. The highest BCUT2D eigenvalue weighted by molar-refractivity contribution is 5.94. The number of piperidine rings is 1. The van der Waals surface area contributed by atoms with Gasteiger partial charge in [-0.1, -0.05) is 18.2 Å². The molecule has 1 aromatic carbocycles. The predicted molar refractivity (Wildman–Crippen MR) is 106 cm³/mol. The number of hydrogen-bond acceptors (Lipinski definition) is 5. The Kier molecular flexibility index (Phi) is 5.07. The Balaban J connectivity index is 1.61. The summed E-state index contributed by atoms with van der Waals surface area (Å²) in [7, 11) is 4.07. The van der Waals surface area contributed by atoms with Crippen LogP contribution >= 0.6 is 0 Å². The second-order valence-corrected chi connectivity index (χ2v) is 7.55. The zero-order valence-electron chi connectivity index (χ0n) is 16.1. The van der Waals surface area contributed by atoms with Crippen LogP contribution in [-0.2, 0) is 13.0 Å². The molecule has 2 aromatic rings. The molecule has 2 aliphatic rings. The zero-order valence-corrected chi connectivity index (χ0v) is 16.1. The summed E-state index contributed by atoms with van der Waals surface area (Å²) in [5.74, 6) is 2.28. The van der Waals surface area contributed by atoms with Gasteiger partial charge in [-0.05, 0) is 45.0 Å². The summed E-state index contributed by atoms with van der Waals surface area (Å²) in [5, 5.41) is 3.25. The van der Waals surface area contributed by atoms with Crippen molar-refractivity contribution in [3.63, 3.8) is 0 Å². The minimum atomic E-state index is 0.0739. The molecule has 0 bridgehead atoms. The number of nitrogens with zero attached hydrogens (tertiary/aromatic N) is 4. The Morgan fingerprint density at radius 1 is 1.19 bits per heavy atom. The normalized spacial score (nSPS) is 20.2. The number of hydrogen-bond donors (Lipinski definition) is 1. The van der Waals surface area contributed by atoms with Gasteiger partial charge < -0.3 is 15.1 Å². The number of aromatic nitrogens is 2. The van der Waals surface area contributed by atoms with E-state index in [1.165, 1.54) is 6.42 Å². The molecule has 3 heterocycles. The van der Waals surface area contributed by atoms with Gasteiger partial charge in [0.2, 0.25) is 0 Å². The topological polar surface area (TPSA) is 61.4 Å². The summed E-state index contributed by atoms with van der Waals surface area (Å²) >= 11 is 0. The molecular formula is C21H27N5O. The maximum absolute atomic E-state index is 12.9. The fourth-order valence-electron chi connectivity index (χ4n) is 4.15. The Bertz CT molecular complexity index is 823. The van der Waals surface area contributed by atoms with Crippen molar-refractivity contribution in [1.29, 1.82) is 0 Å². The van der Waals surface area contributed by atoms with Crippen molar-refractivity contribution >= 4 is 11.7 Å². The minimum Gasteiger partial charge on any atom is -0.373 e. The molecule has 2 aliphatic heterocycles. The van der Waals surface area contributed by atoms with Crippen molar-refractivity contribution in [2.45, 2.75) is 31.7 Å². The van der Waals surface area contributed by atoms with Gasteiger partial charge in [0.15, 0.2) is 0 Å². The van der Waals surface area contributed by atoms with Crippen molar-refractivity contribution in [1.82, 2.24) is 19.8 Å². The number of carbonyl (C=O) groups excluding carboxylic acids is 1. The molecule has 1 atom stereocenters. The summed E-state index contributed by atoms with van der Waals surface area (Å²) in [5.41, 5.74) is 2.88. The third kappa shape index (κ3) is 3.67. The van der Waals surface area contributed by atoms with Crippen molar-refractivity contribution in [3.8, 4) is 0 Å². The molecule has 1 aromatic heterocycles. The average molecular weight is 365 g/mol. The lowest BCUT2D eigenvalue weighted by molar-refractivity contribution is 0.0731. The van der Waals surface area contributed by atoms with E-state index in [4.69, 9.17) is 9.97 Å². The van der Waals surface area contributed by atoms with E-state index in [9.17, 15) is 4.79 Å². The van der Waals surface area contributed by atoms with Crippen LogP contribution in [-0.4, -0.2) is 59.4 Å². The van der Waals surface area contributed by atoms with Gasteiger partial charge in [0, 0.05) is 37.2 Å². The second-order valence-electron chi connectivity index (χ2n) is 7.55. The Morgan fingerprint density at radius 3 is 2.74 bits per heavy atom. The van der Waals surface area contributed by atoms with Crippen LogP contribution in [0.3, 0.4) is 0 Å². The zero-order chi connectivity index (χ0) is 18.8. The summed E-state index contributed by atoms with van der Waals surface area (Å²) in [6.45, 7) is 3.38. The molecule has 6 nitrogen and oxygen atoms in total. The first-order chi connectivity index (χ1) is 13.2. The number of fused-ring (bicyclic) bond motifs is 1. The van der Waals surface area contributed by atoms with Gasteiger partial charge in [-0.2, -0.15) is 0 Å². The van der Waals surface area contributed by atoms with E-state index in [-0.39, 0.29) is 5.91 Å². The van der Waals surface area contributed by atoms with Crippen LogP contribution in [0, 0.1) is 0 Å². The number of benzene rings is 1. The fourth-order valence-corrected chi connectivity index (χ4v) is 4.15. The highest BCUT2D eigenvalue weighted by atomic mass is 16.2. The molecule has 4 rings (SSSR count). The lowest BCUT2D eigenvalue weighted by atomic mass is 9.96.